The second kappa shape index (κ2) is 10.1. The number of hydrogen-bond acceptors (Lipinski definition) is 3. The Balaban J connectivity index is 1.64. The average Bonchev–Trinajstić information content (AvgIpc) is 2.61. The first-order chi connectivity index (χ1) is 12.1. The van der Waals surface area contributed by atoms with E-state index in [2.05, 4.69) is 10.6 Å². The van der Waals surface area contributed by atoms with E-state index in [1.807, 2.05) is 66.7 Å². The molecule has 0 unspecified atom stereocenters. The smallest absolute Gasteiger partial charge is 0.407 e. The van der Waals surface area contributed by atoms with Crippen LogP contribution in [0.2, 0.25) is 0 Å². The van der Waals surface area contributed by atoms with Crippen LogP contribution in [0.5, 0.6) is 0 Å². The highest BCUT2D eigenvalue weighted by Gasteiger charge is 2.00. The number of carbonyl (C=O) groups excluding carboxylic acids is 1. The van der Waals surface area contributed by atoms with Gasteiger partial charge < -0.3 is 21.1 Å². The summed E-state index contributed by atoms with van der Waals surface area (Å²) in [5.74, 6) is 0. The molecule has 0 aliphatic rings. The van der Waals surface area contributed by atoms with E-state index in [1.54, 1.807) is 0 Å². The number of rotatable bonds is 7. The average molecular weight is 355 g/mol. The standard InChI is InChI=1S/C19H21N3O2S/c20-18(25)22-17-11-9-15(10-12-17)6-4-5-13-21-19(23)24-14-16-7-2-1-3-8-16/h1-4,6-12H,5,13-14H2,(H,21,23)(H3,20,22,25). The lowest BCUT2D eigenvalue weighted by atomic mass is 10.2. The van der Waals surface area contributed by atoms with E-state index in [0.717, 1.165) is 16.8 Å². The number of benzene rings is 2. The first kappa shape index (κ1) is 18.5. The van der Waals surface area contributed by atoms with Crippen molar-refractivity contribution in [3.05, 3.63) is 71.8 Å². The van der Waals surface area contributed by atoms with Crippen LogP contribution in [0.3, 0.4) is 0 Å². The summed E-state index contributed by atoms with van der Waals surface area (Å²) in [7, 11) is 0. The van der Waals surface area contributed by atoms with Gasteiger partial charge in [-0.3, -0.25) is 0 Å². The van der Waals surface area contributed by atoms with Crippen molar-refractivity contribution in [1.29, 1.82) is 0 Å². The van der Waals surface area contributed by atoms with E-state index in [-0.39, 0.29) is 11.7 Å². The minimum Gasteiger partial charge on any atom is -0.445 e. The molecule has 0 bridgehead atoms. The van der Waals surface area contributed by atoms with Crippen molar-refractivity contribution in [1.82, 2.24) is 5.32 Å². The Morgan fingerprint density at radius 3 is 2.52 bits per heavy atom. The van der Waals surface area contributed by atoms with Gasteiger partial charge in [-0.15, -0.1) is 0 Å². The molecule has 0 saturated carbocycles. The quantitative estimate of drug-likeness (QED) is 0.522. The molecule has 0 fully saturated rings. The highest BCUT2D eigenvalue weighted by atomic mass is 32.1. The molecule has 0 atom stereocenters. The number of nitrogens with one attached hydrogen (secondary N) is 2. The maximum Gasteiger partial charge on any atom is 0.407 e. The first-order valence-electron chi connectivity index (χ1n) is 7.91. The molecule has 0 heterocycles. The molecule has 6 heteroatoms. The molecule has 4 N–H and O–H groups in total. The number of thiocarbonyl (C=S) groups is 1. The Morgan fingerprint density at radius 1 is 1.12 bits per heavy atom. The van der Waals surface area contributed by atoms with Crippen LogP contribution in [-0.2, 0) is 11.3 Å². The van der Waals surface area contributed by atoms with E-state index < -0.39 is 6.09 Å². The second-order valence-corrected chi connectivity index (χ2v) is 5.73. The highest BCUT2D eigenvalue weighted by molar-refractivity contribution is 7.80. The van der Waals surface area contributed by atoms with E-state index in [9.17, 15) is 4.79 Å². The van der Waals surface area contributed by atoms with Gasteiger partial charge in [0, 0.05) is 12.2 Å². The molecule has 2 rings (SSSR count). The summed E-state index contributed by atoms with van der Waals surface area (Å²) in [4.78, 5) is 11.6. The van der Waals surface area contributed by atoms with Crippen molar-refractivity contribution in [2.75, 3.05) is 11.9 Å². The van der Waals surface area contributed by atoms with Crippen LogP contribution < -0.4 is 16.4 Å². The summed E-state index contributed by atoms with van der Waals surface area (Å²) in [6.07, 6.45) is 4.29. The molecule has 130 valence electrons. The second-order valence-electron chi connectivity index (χ2n) is 5.29. The van der Waals surface area contributed by atoms with Crippen molar-refractivity contribution in [3.8, 4) is 0 Å². The number of nitrogens with two attached hydrogens (primary N) is 1. The van der Waals surface area contributed by atoms with Crippen molar-refractivity contribution >= 4 is 35.2 Å². The van der Waals surface area contributed by atoms with Crippen molar-refractivity contribution in [3.63, 3.8) is 0 Å². The summed E-state index contributed by atoms with van der Waals surface area (Å²) >= 11 is 4.78. The molecule has 0 spiro atoms. The fourth-order valence-corrected chi connectivity index (χ4v) is 2.19. The number of amides is 1. The lowest BCUT2D eigenvalue weighted by Gasteiger charge is -2.06. The van der Waals surface area contributed by atoms with E-state index >= 15 is 0 Å². The number of ether oxygens (including phenoxy) is 1. The predicted molar refractivity (Wildman–Crippen MR) is 105 cm³/mol. The molecule has 0 aliphatic heterocycles. The largest absolute Gasteiger partial charge is 0.445 e. The van der Waals surface area contributed by atoms with Gasteiger partial charge in [0.05, 0.1) is 0 Å². The van der Waals surface area contributed by atoms with Gasteiger partial charge in [-0.1, -0.05) is 54.6 Å². The third-order valence-corrected chi connectivity index (χ3v) is 3.38. The van der Waals surface area contributed by atoms with Crippen molar-refractivity contribution in [2.24, 2.45) is 5.73 Å². The van der Waals surface area contributed by atoms with Gasteiger partial charge in [0.25, 0.3) is 0 Å². The fraction of sp³-hybridized carbons (Fsp3) is 0.158. The minimum atomic E-state index is -0.412. The van der Waals surface area contributed by atoms with Crippen LogP contribution in [0.1, 0.15) is 17.5 Å². The molecular formula is C19H21N3O2S. The van der Waals surface area contributed by atoms with Crippen LogP contribution in [0.25, 0.3) is 6.08 Å². The van der Waals surface area contributed by atoms with Crippen LogP contribution in [0.4, 0.5) is 10.5 Å². The summed E-state index contributed by atoms with van der Waals surface area (Å²) in [6, 6.07) is 17.3. The molecule has 2 aromatic rings. The monoisotopic (exact) mass is 355 g/mol. The summed E-state index contributed by atoms with van der Waals surface area (Å²) in [5, 5.41) is 5.83. The minimum absolute atomic E-state index is 0.244. The van der Waals surface area contributed by atoms with Crippen LogP contribution >= 0.6 is 12.2 Å². The number of alkyl carbamates (subject to hydrolysis) is 1. The normalized spacial score (nSPS) is 10.4. The lowest BCUT2D eigenvalue weighted by molar-refractivity contribution is 0.140. The van der Waals surface area contributed by atoms with Crippen LogP contribution in [0.15, 0.2) is 60.7 Å². The summed E-state index contributed by atoms with van der Waals surface area (Å²) < 4.78 is 5.14. The molecule has 25 heavy (non-hydrogen) atoms. The Morgan fingerprint density at radius 2 is 1.84 bits per heavy atom. The maximum atomic E-state index is 11.6. The summed E-state index contributed by atoms with van der Waals surface area (Å²) in [5.41, 5.74) is 8.29. The van der Waals surface area contributed by atoms with Gasteiger partial charge in [-0.2, -0.15) is 0 Å². The van der Waals surface area contributed by atoms with Crippen LogP contribution in [0, 0.1) is 0 Å². The summed E-state index contributed by atoms with van der Waals surface area (Å²) in [6.45, 7) is 0.792. The highest BCUT2D eigenvalue weighted by Crippen LogP contribution is 2.10. The Labute approximate surface area is 152 Å². The molecule has 0 aliphatic carbocycles. The van der Waals surface area contributed by atoms with Gasteiger partial charge in [-0.05, 0) is 41.9 Å². The van der Waals surface area contributed by atoms with Gasteiger partial charge in [0.15, 0.2) is 5.11 Å². The van der Waals surface area contributed by atoms with Gasteiger partial charge in [0.2, 0.25) is 0 Å². The SMILES string of the molecule is NC(=S)Nc1ccc(C=CCCNC(=O)OCc2ccccc2)cc1. The van der Waals surface area contributed by atoms with Gasteiger partial charge in [-0.25, -0.2) is 4.79 Å². The zero-order valence-corrected chi connectivity index (χ0v) is 14.6. The fourth-order valence-electron chi connectivity index (χ4n) is 2.07. The van der Waals surface area contributed by atoms with E-state index in [4.69, 9.17) is 22.7 Å². The zero-order chi connectivity index (χ0) is 17.9. The van der Waals surface area contributed by atoms with Crippen LogP contribution in [-0.4, -0.2) is 17.8 Å². The number of hydrogen-bond donors (Lipinski definition) is 3. The number of carbonyl (C=O) groups is 1. The van der Waals surface area contributed by atoms with E-state index in [1.165, 1.54) is 0 Å². The lowest BCUT2D eigenvalue weighted by Crippen LogP contribution is -2.24. The number of anilines is 1. The molecule has 0 saturated heterocycles. The Bertz CT molecular complexity index is 715. The third kappa shape index (κ3) is 7.50. The molecule has 5 nitrogen and oxygen atoms in total. The third-order valence-electron chi connectivity index (χ3n) is 3.28. The topological polar surface area (TPSA) is 76.4 Å². The zero-order valence-electron chi connectivity index (χ0n) is 13.8. The maximum absolute atomic E-state index is 11.6. The first-order valence-corrected chi connectivity index (χ1v) is 8.32. The molecule has 1 amide bonds. The Kier molecular flexibility index (Phi) is 7.46. The Hall–Kier alpha value is -2.86. The van der Waals surface area contributed by atoms with Gasteiger partial charge >= 0.3 is 6.09 Å². The molecular weight excluding hydrogens is 334 g/mol. The predicted octanol–water partition coefficient (Wildman–Crippen LogP) is 3.67. The molecule has 0 radical (unpaired) electrons. The van der Waals surface area contributed by atoms with E-state index in [0.29, 0.717) is 13.0 Å². The van der Waals surface area contributed by atoms with Gasteiger partial charge in [0.1, 0.15) is 6.61 Å². The molecule has 0 aromatic heterocycles. The van der Waals surface area contributed by atoms with Crippen molar-refractivity contribution < 1.29 is 9.53 Å². The van der Waals surface area contributed by atoms with Crippen molar-refractivity contribution in [2.45, 2.75) is 13.0 Å². The molecule has 2 aromatic carbocycles.